The van der Waals surface area contributed by atoms with Crippen LogP contribution in [0.4, 0.5) is 0 Å². The lowest BCUT2D eigenvalue weighted by molar-refractivity contribution is 0.0733. The third-order valence-electron chi connectivity index (χ3n) is 5.25. The van der Waals surface area contributed by atoms with Crippen molar-refractivity contribution in [3.8, 4) is 23.0 Å². The number of carbonyl (C=O) groups is 1. The van der Waals surface area contributed by atoms with E-state index in [9.17, 15) is 9.59 Å². The SMILES string of the molecule is COc1cc(C(=O)Oc2ccccc2/C=N\n2c(C)nc3ccccc3c2=O)cc(OC)c1OC. The maximum absolute atomic E-state index is 12.9. The van der Waals surface area contributed by atoms with Gasteiger partial charge in [-0.15, -0.1) is 0 Å². The molecule has 9 heteroatoms. The maximum atomic E-state index is 12.9. The van der Waals surface area contributed by atoms with Crippen LogP contribution in [0, 0.1) is 6.92 Å². The number of carbonyl (C=O) groups excluding carboxylic acids is 1. The van der Waals surface area contributed by atoms with E-state index < -0.39 is 5.97 Å². The number of aromatic nitrogens is 2. The van der Waals surface area contributed by atoms with E-state index in [2.05, 4.69) is 10.1 Å². The van der Waals surface area contributed by atoms with Crippen LogP contribution >= 0.6 is 0 Å². The Morgan fingerprint density at radius 1 is 0.914 bits per heavy atom. The van der Waals surface area contributed by atoms with Gasteiger partial charge in [0.1, 0.15) is 11.6 Å². The van der Waals surface area contributed by atoms with E-state index in [1.807, 2.05) is 6.07 Å². The fourth-order valence-corrected chi connectivity index (χ4v) is 3.53. The van der Waals surface area contributed by atoms with Crippen LogP contribution in [0.1, 0.15) is 21.7 Å². The molecule has 0 saturated heterocycles. The van der Waals surface area contributed by atoms with E-state index >= 15 is 0 Å². The molecule has 0 amide bonds. The molecule has 178 valence electrons. The first-order valence-corrected chi connectivity index (χ1v) is 10.6. The molecule has 0 aliphatic heterocycles. The number of rotatable bonds is 7. The van der Waals surface area contributed by atoms with Gasteiger partial charge in [-0.1, -0.05) is 24.3 Å². The summed E-state index contributed by atoms with van der Waals surface area (Å²) < 4.78 is 22.8. The van der Waals surface area contributed by atoms with Gasteiger partial charge < -0.3 is 18.9 Å². The summed E-state index contributed by atoms with van der Waals surface area (Å²) in [6.45, 7) is 1.70. The summed E-state index contributed by atoms with van der Waals surface area (Å²) in [6, 6.07) is 16.9. The summed E-state index contributed by atoms with van der Waals surface area (Å²) in [5.74, 6) is 1.07. The van der Waals surface area contributed by atoms with E-state index in [1.165, 1.54) is 44.4 Å². The normalized spacial score (nSPS) is 11.0. The van der Waals surface area contributed by atoms with Gasteiger partial charge in [-0.2, -0.15) is 9.78 Å². The van der Waals surface area contributed by atoms with Crippen LogP contribution in [0.25, 0.3) is 10.9 Å². The van der Waals surface area contributed by atoms with Crippen LogP contribution in [-0.2, 0) is 0 Å². The summed E-state index contributed by atoms with van der Waals surface area (Å²) in [6.07, 6.45) is 1.45. The van der Waals surface area contributed by atoms with Crippen molar-refractivity contribution in [3.05, 3.63) is 88.0 Å². The first-order valence-electron chi connectivity index (χ1n) is 10.6. The first-order chi connectivity index (χ1) is 17.0. The number of fused-ring (bicyclic) bond motifs is 1. The number of benzene rings is 3. The zero-order valence-corrected chi connectivity index (χ0v) is 19.6. The van der Waals surface area contributed by atoms with Crippen molar-refractivity contribution >= 4 is 23.1 Å². The summed E-state index contributed by atoms with van der Waals surface area (Å²) in [5.41, 5.74) is 1.00. The number of esters is 1. The fourth-order valence-electron chi connectivity index (χ4n) is 3.53. The standard InChI is InChI=1S/C26H23N3O6/c1-16-28-20-11-7-6-10-19(20)25(30)29(16)27-15-17-9-5-8-12-21(17)35-26(31)18-13-22(32-2)24(34-4)23(14-18)33-3/h5-15H,1-4H3/b27-15-. The lowest BCUT2D eigenvalue weighted by Gasteiger charge is -2.14. The van der Waals surface area contributed by atoms with Crippen LogP contribution in [0.3, 0.4) is 0 Å². The van der Waals surface area contributed by atoms with Gasteiger partial charge in [-0.05, 0) is 43.3 Å². The van der Waals surface area contributed by atoms with E-state index in [-0.39, 0.29) is 16.9 Å². The predicted molar refractivity (Wildman–Crippen MR) is 131 cm³/mol. The zero-order chi connectivity index (χ0) is 24.9. The number of nitrogens with zero attached hydrogens (tertiary/aromatic N) is 3. The number of para-hydroxylation sites is 2. The van der Waals surface area contributed by atoms with Gasteiger partial charge in [0.05, 0.1) is 44.0 Å². The zero-order valence-electron chi connectivity index (χ0n) is 19.6. The van der Waals surface area contributed by atoms with Gasteiger partial charge in [-0.3, -0.25) is 4.79 Å². The van der Waals surface area contributed by atoms with Crippen molar-refractivity contribution in [1.29, 1.82) is 0 Å². The minimum Gasteiger partial charge on any atom is -0.493 e. The van der Waals surface area contributed by atoms with Crippen LogP contribution < -0.4 is 24.5 Å². The average Bonchev–Trinajstić information content (AvgIpc) is 2.88. The first kappa shape index (κ1) is 23.5. The molecule has 0 N–H and O–H groups in total. The Kier molecular flexibility index (Phi) is 6.77. The Hall–Kier alpha value is -4.66. The molecule has 4 aromatic rings. The number of hydrogen-bond acceptors (Lipinski definition) is 8. The monoisotopic (exact) mass is 473 g/mol. The van der Waals surface area contributed by atoms with Crippen molar-refractivity contribution in [2.45, 2.75) is 6.92 Å². The van der Waals surface area contributed by atoms with Crippen molar-refractivity contribution in [1.82, 2.24) is 9.66 Å². The molecule has 0 aliphatic carbocycles. The Morgan fingerprint density at radius 3 is 2.26 bits per heavy atom. The van der Waals surface area contributed by atoms with Crippen LogP contribution in [0.2, 0.25) is 0 Å². The molecule has 9 nitrogen and oxygen atoms in total. The van der Waals surface area contributed by atoms with Crippen LogP contribution in [0.15, 0.2) is 70.6 Å². The summed E-state index contributed by atoms with van der Waals surface area (Å²) >= 11 is 0. The Balaban J connectivity index is 1.66. The molecule has 3 aromatic carbocycles. The van der Waals surface area contributed by atoms with E-state index in [4.69, 9.17) is 18.9 Å². The maximum Gasteiger partial charge on any atom is 0.343 e. The highest BCUT2D eigenvalue weighted by Crippen LogP contribution is 2.38. The highest BCUT2D eigenvalue weighted by Gasteiger charge is 2.19. The van der Waals surface area contributed by atoms with Crippen molar-refractivity contribution in [2.24, 2.45) is 5.10 Å². The summed E-state index contributed by atoms with van der Waals surface area (Å²) in [5, 5.41) is 4.77. The average molecular weight is 473 g/mol. The third kappa shape index (κ3) is 4.70. The number of aryl methyl sites for hydroxylation is 1. The molecule has 0 unspecified atom stereocenters. The summed E-state index contributed by atoms with van der Waals surface area (Å²) in [7, 11) is 4.40. The highest BCUT2D eigenvalue weighted by atomic mass is 16.5. The van der Waals surface area contributed by atoms with Gasteiger partial charge in [0.25, 0.3) is 5.56 Å². The second kappa shape index (κ2) is 10.1. The second-order valence-electron chi connectivity index (χ2n) is 7.38. The highest BCUT2D eigenvalue weighted by molar-refractivity contribution is 5.94. The van der Waals surface area contributed by atoms with Gasteiger partial charge in [0.2, 0.25) is 5.75 Å². The summed E-state index contributed by atoms with van der Waals surface area (Å²) in [4.78, 5) is 30.3. The second-order valence-corrected chi connectivity index (χ2v) is 7.38. The molecular formula is C26H23N3O6. The quantitative estimate of drug-likeness (QED) is 0.228. The van der Waals surface area contributed by atoms with Gasteiger partial charge in [0, 0.05) is 5.56 Å². The fraction of sp³-hybridized carbons (Fsp3) is 0.154. The van der Waals surface area contributed by atoms with Crippen molar-refractivity contribution in [2.75, 3.05) is 21.3 Å². The van der Waals surface area contributed by atoms with Gasteiger partial charge in [0.15, 0.2) is 11.5 Å². The number of methoxy groups -OCH3 is 3. The minimum absolute atomic E-state index is 0.206. The lowest BCUT2D eigenvalue weighted by Crippen LogP contribution is -2.20. The molecule has 0 aliphatic rings. The smallest absolute Gasteiger partial charge is 0.343 e. The predicted octanol–water partition coefficient (Wildman–Crippen LogP) is 3.83. The molecule has 0 fully saturated rings. The van der Waals surface area contributed by atoms with Crippen LogP contribution in [0.5, 0.6) is 23.0 Å². The van der Waals surface area contributed by atoms with E-state index in [1.54, 1.807) is 49.4 Å². The molecule has 35 heavy (non-hydrogen) atoms. The van der Waals surface area contributed by atoms with Crippen LogP contribution in [-0.4, -0.2) is 43.2 Å². The molecule has 0 bridgehead atoms. The Morgan fingerprint density at radius 2 is 1.57 bits per heavy atom. The molecule has 4 rings (SSSR count). The molecule has 0 atom stereocenters. The van der Waals surface area contributed by atoms with E-state index in [0.29, 0.717) is 39.5 Å². The minimum atomic E-state index is -0.633. The topological polar surface area (TPSA) is 101 Å². The van der Waals surface area contributed by atoms with E-state index in [0.717, 1.165) is 0 Å². The number of hydrogen-bond donors (Lipinski definition) is 0. The van der Waals surface area contributed by atoms with Gasteiger partial charge in [-0.25, -0.2) is 9.78 Å². The van der Waals surface area contributed by atoms with Gasteiger partial charge >= 0.3 is 5.97 Å². The van der Waals surface area contributed by atoms with Crippen molar-refractivity contribution in [3.63, 3.8) is 0 Å². The third-order valence-corrected chi connectivity index (χ3v) is 5.25. The largest absolute Gasteiger partial charge is 0.493 e. The molecular weight excluding hydrogens is 450 g/mol. The molecule has 1 heterocycles. The van der Waals surface area contributed by atoms with Crippen molar-refractivity contribution < 1.29 is 23.7 Å². The molecule has 0 spiro atoms. The molecule has 0 radical (unpaired) electrons. The number of ether oxygens (including phenoxy) is 4. The Bertz CT molecular complexity index is 1470. The molecule has 0 saturated carbocycles. The molecule has 1 aromatic heterocycles. The Labute approximate surface area is 201 Å². The lowest BCUT2D eigenvalue weighted by atomic mass is 10.1.